The molecule has 1 aliphatic carbocycles. The summed E-state index contributed by atoms with van der Waals surface area (Å²) in [7, 11) is 0. The predicted molar refractivity (Wildman–Crippen MR) is 85.0 cm³/mol. The Kier molecular flexibility index (Phi) is 3.28. The standard InChI is InChI=1S/C19H21NO/c1-13-2-3-15(10-20-18-6-7-18)19(8-13)14-4-5-16-11-21-12-17(16)9-14/h2-5,8-9,18,20H,6-7,10-12H2,1H3. The van der Waals surface area contributed by atoms with E-state index in [4.69, 9.17) is 4.74 Å². The van der Waals surface area contributed by atoms with E-state index in [1.807, 2.05) is 0 Å². The van der Waals surface area contributed by atoms with E-state index in [9.17, 15) is 0 Å². The summed E-state index contributed by atoms with van der Waals surface area (Å²) in [5.74, 6) is 0. The van der Waals surface area contributed by atoms with Gasteiger partial charge in [-0.25, -0.2) is 0 Å². The molecule has 108 valence electrons. The molecule has 0 saturated heterocycles. The van der Waals surface area contributed by atoms with Crippen molar-refractivity contribution in [1.29, 1.82) is 0 Å². The van der Waals surface area contributed by atoms with E-state index in [-0.39, 0.29) is 0 Å². The monoisotopic (exact) mass is 279 g/mol. The van der Waals surface area contributed by atoms with E-state index in [1.54, 1.807) is 0 Å². The first-order valence-electron chi connectivity index (χ1n) is 7.82. The average Bonchev–Trinajstić information content (AvgIpc) is 3.21. The van der Waals surface area contributed by atoms with Crippen LogP contribution in [0.1, 0.15) is 35.1 Å². The maximum absolute atomic E-state index is 5.53. The molecule has 0 bridgehead atoms. The Morgan fingerprint density at radius 3 is 2.76 bits per heavy atom. The SMILES string of the molecule is Cc1ccc(CNC2CC2)c(-c2ccc3c(c2)COC3)c1. The van der Waals surface area contributed by atoms with Gasteiger partial charge in [0.15, 0.2) is 0 Å². The van der Waals surface area contributed by atoms with Gasteiger partial charge in [-0.15, -0.1) is 0 Å². The number of rotatable bonds is 4. The second-order valence-corrected chi connectivity index (χ2v) is 6.29. The topological polar surface area (TPSA) is 21.3 Å². The highest BCUT2D eigenvalue weighted by Crippen LogP contribution is 2.30. The Balaban J connectivity index is 1.69. The third-order valence-corrected chi connectivity index (χ3v) is 4.46. The van der Waals surface area contributed by atoms with Gasteiger partial charge >= 0.3 is 0 Å². The van der Waals surface area contributed by atoms with Gasteiger partial charge in [0.2, 0.25) is 0 Å². The molecule has 2 aromatic carbocycles. The lowest BCUT2D eigenvalue weighted by Crippen LogP contribution is -2.15. The van der Waals surface area contributed by atoms with Crippen molar-refractivity contribution >= 4 is 0 Å². The zero-order valence-corrected chi connectivity index (χ0v) is 12.5. The van der Waals surface area contributed by atoms with Crippen LogP contribution in [0.15, 0.2) is 36.4 Å². The summed E-state index contributed by atoms with van der Waals surface area (Å²) < 4.78 is 5.53. The first-order valence-corrected chi connectivity index (χ1v) is 7.82. The fraction of sp³-hybridized carbons (Fsp3) is 0.368. The number of hydrogen-bond acceptors (Lipinski definition) is 2. The largest absolute Gasteiger partial charge is 0.372 e. The van der Waals surface area contributed by atoms with Crippen molar-refractivity contribution in [2.24, 2.45) is 0 Å². The summed E-state index contributed by atoms with van der Waals surface area (Å²) in [6, 6.07) is 14.3. The predicted octanol–water partition coefficient (Wildman–Crippen LogP) is 3.94. The van der Waals surface area contributed by atoms with Gasteiger partial charge in [0.25, 0.3) is 0 Å². The lowest BCUT2D eigenvalue weighted by atomic mass is 9.95. The van der Waals surface area contributed by atoms with E-state index in [2.05, 4.69) is 48.6 Å². The normalized spacial score (nSPS) is 17.0. The Morgan fingerprint density at radius 1 is 1.05 bits per heavy atom. The molecule has 0 spiro atoms. The summed E-state index contributed by atoms with van der Waals surface area (Å²) in [6.07, 6.45) is 2.66. The molecule has 21 heavy (non-hydrogen) atoms. The Labute approximate surface area is 126 Å². The van der Waals surface area contributed by atoms with Crippen LogP contribution >= 0.6 is 0 Å². The number of fused-ring (bicyclic) bond motifs is 1. The van der Waals surface area contributed by atoms with E-state index in [0.29, 0.717) is 0 Å². The first kappa shape index (κ1) is 13.1. The smallest absolute Gasteiger partial charge is 0.0725 e. The molecule has 0 radical (unpaired) electrons. The van der Waals surface area contributed by atoms with Gasteiger partial charge in [-0.3, -0.25) is 0 Å². The summed E-state index contributed by atoms with van der Waals surface area (Å²) in [4.78, 5) is 0. The molecule has 2 heteroatoms. The Bertz CT molecular complexity index is 673. The van der Waals surface area contributed by atoms with Crippen LogP contribution in [0.3, 0.4) is 0 Å². The number of benzene rings is 2. The number of nitrogens with one attached hydrogen (secondary N) is 1. The molecule has 2 aromatic rings. The minimum Gasteiger partial charge on any atom is -0.372 e. The van der Waals surface area contributed by atoms with Crippen LogP contribution in [0, 0.1) is 6.92 Å². The van der Waals surface area contributed by atoms with Gasteiger partial charge in [0.05, 0.1) is 13.2 Å². The van der Waals surface area contributed by atoms with Crippen LogP contribution in [0.4, 0.5) is 0 Å². The van der Waals surface area contributed by atoms with Crippen LogP contribution in [0.2, 0.25) is 0 Å². The van der Waals surface area contributed by atoms with Gasteiger partial charge in [0.1, 0.15) is 0 Å². The highest BCUT2D eigenvalue weighted by Gasteiger charge is 2.21. The summed E-state index contributed by atoms with van der Waals surface area (Å²) in [6.45, 7) is 4.65. The third kappa shape index (κ3) is 2.74. The molecule has 4 rings (SSSR count). The number of hydrogen-bond donors (Lipinski definition) is 1. The van der Waals surface area contributed by atoms with Crippen molar-refractivity contribution in [2.45, 2.75) is 45.6 Å². The van der Waals surface area contributed by atoms with Crippen LogP contribution in [0.25, 0.3) is 11.1 Å². The van der Waals surface area contributed by atoms with Gasteiger partial charge in [-0.05, 0) is 53.6 Å². The van der Waals surface area contributed by atoms with Crippen molar-refractivity contribution in [3.05, 3.63) is 58.7 Å². The molecule has 0 amide bonds. The molecule has 2 aliphatic rings. The van der Waals surface area contributed by atoms with Crippen LogP contribution in [0.5, 0.6) is 0 Å². The zero-order chi connectivity index (χ0) is 14.2. The Hall–Kier alpha value is -1.64. The highest BCUT2D eigenvalue weighted by atomic mass is 16.5. The molecule has 1 saturated carbocycles. The minimum absolute atomic E-state index is 0.743. The van der Waals surface area contributed by atoms with Crippen molar-refractivity contribution in [3.8, 4) is 11.1 Å². The molecule has 1 N–H and O–H groups in total. The van der Waals surface area contributed by atoms with E-state index >= 15 is 0 Å². The first-order chi connectivity index (χ1) is 10.3. The maximum atomic E-state index is 5.53. The van der Waals surface area contributed by atoms with E-state index in [1.165, 1.54) is 46.2 Å². The zero-order valence-electron chi connectivity index (χ0n) is 12.5. The van der Waals surface area contributed by atoms with Crippen molar-refractivity contribution in [1.82, 2.24) is 5.32 Å². The molecule has 1 fully saturated rings. The fourth-order valence-corrected chi connectivity index (χ4v) is 2.99. The van der Waals surface area contributed by atoms with Crippen LogP contribution in [-0.4, -0.2) is 6.04 Å². The van der Waals surface area contributed by atoms with Gasteiger partial charge in [0, 0.05) is 12.6 Å². The molecule has 0 unspecified atom stereocenters. The van der Waals surface area contributed by atoms with Gasteiger partial charge in [-0.1, -0.05) is 35.9 Å². The number of aryl methyl sites for hydroxylation is 1. The summed E-state index contributed by atoms with van der Waals surface area (Å²) in [5, 5.41) is 3.63. The number of ether oxygens (including phenoxy) is 1. The average molecular weight is 279 g/mol. The van der Waals surface area contributed by atoms with E-state index < -0.39 is 0 Å². The molecular weight excluding hydrogens is 258 g/mol. The fourth-order valence-electron chi connectivity index (χ4n) is 2.99. The second-order valence-electron chi connectivity index (χ2n) is 6.29. The van der Waals surface area contributed by atoms with Crippen molar-refractivity contribution < 1.29 is 4.74 Å². The molecule has 1 aliphatic heterocycles. The molecule has 0 aromatic heterocycles. The summed E-state index contributed by atoms with van der Waals surface area (Å²) >= 11 is 0. The minimum atomic E-state index is 0.743. The van der Waals surface area contributed by atoms with Gasteiger partial charge in [-0.2, -0.15) is 0 Å². The third-order valence-electron chi connectivity index (χ3n) is 4.46. The molecule has 1 heterocycles. The van der Waals surface area contributed by atoms with Crippen LogP contribution < -0.4 is 5.32 Å². The highest BCUT2D eigenvalue weighted by molar-refractivity contribution is 5.69. The Morgan fingerprint density at radius 2 is 1.90 bits per heavy atom. The van der Waals surface area contributed by atoms with Gasteiger partial charge < -0.3 is 10.1 Å². The van der Waals surface area contributed by atoms with Crippen molar-refractivity contribution in [3.63, 3.8) is 0 Å². The summed E-state index contributed by atoms with van der Waals surface area (Å²) in [5.41, 5.74) is 8.07. The lowest BCUT2D eigenvalue weighted by molar-refractivity contribution is 0.134. The molecule has 0 atom stereocenters. The van der Waals surface area contributed by atoms with Crippen LogP contribution in [-0.2, 0) is 24.5 Å². The maximum Gasteiger partial charge on any atom is 0.0725 e. The molecular formula is C19H21NO. The second kappa shape index (κ2) is 5.28. The van der Waals surface area contributed by atoms with Crippen molar-refractivity contribution in [2.75, 3.05) is 0 Å². The molecule has 2 nitrogen and oxygen atoms in total. The lowest BCUT2D eigenvalue weighted by Gasteiger charge is -2.13. The van der Waals surface area contributed by atoms with E-state index in [0.717, 1.165) is 25.8 Å². The quantitative estimate of drug-likeness (QED) is 0.915.